The molecule has 1 unspecified atom stereocenters. The third kappa shape index (κ3) is 8.90. The number of anilines is 2. The second-order valence-corrected chi connectivity index (χ2v) is 15.8. The number of aldehydes is 1. The number of hydrogen-bond acceptors (Lipinski definition) is 12. The van der Waals surface area contributed by atoms with Crippen LogP contribution in [0.1, 0.15) is 73.0 Å². The van der Waals surface area contributed by atoms with Crippen LogP contribution in [0.25, 0.3) is 11.1 Å². The van der Waals surface area contributed by atoms with Gasteiger partial charge in [0.25, 0.3) is 5.91 Å². The number of pyridine rings is 1. The molecule has 1 atom stereocenters. The van der Waals surface area contributed by atoms with Crippen molar-refractivity contribution in [2.75, 3.05) is 70.6 Å². The standard InChI is InChI=1S/C35H42N10O3.C6H14N2/c1-3-29-33-26(15-38-45(33)24-17-44(18-24)16-22-6-4-7-23(19-46)39-22)25-8-5-9-27(32(25)43(29)2)41-28(31(37)35(48)40-21-12-13-21)14-30(36)42-34(47)20-10-11-20;1-7-3-5-8(2)6-4-7/h4-9,14-15,19-21,24,29,41H,3,10-13,16-18,36-37H2,1-2H3,(H,40,48)(H,42,47);3-6H2,1-2H3/b30-14+,31-28+;. The molecule has 0 radical (unpaired) electrons. The second kappa shape index (κ2) is 16.9. The number of rotatable bonds is 12. The van der Waals surface area contributed by atoms with Crippen molar-refractivity contribution in [3.05, 3.63) is 83.0 Å². The summed E-state index contributed by atoms with van der Waals surface area (Å²) in [6.45, 7) is 9.44. The molecule has 5 heterocycles. The average Bonchev–Trinajstić information content (AvgIpc) is 4.13. The van der Waals surface area contributed by atoms with Gasteiger partial charge in [-0.05, 0) is 64.4 Å². The van der Waals surface area contributed by atoms with Gasteiger partial charge in [-0.25, -0.2) is 4.98 Å². The molecule has 2 saturated heterocycles. The molecule has 0 spiro atoms. The zero-order chi connectivity index (χ0) is 39.5. The minimum absolute atomic E-state index is 0.00948. The van der Waals surface area contributed by atoms with Gasteiger partial charge < -0.3 is 42.1 Å². The number of allylic oxidation sites excluding steroid dienone is 1. The molecule has 7 N–H and O–H groups in total. The monoisotopic (exact) mass is 764 g/mol. The number of fused-ring (bicyclic) bond motifs is 3. The summed E-state index contributed by atoms with van der Waals surface area (Å²) in [5, 5.41) is 14.0. The maximum atomic E-state index is 13.1. The van der Waals surface area contributed by atoms with Crippen LogP contribution in [-0.4, -0.2) is 114 Å². The maximum Gasteiger partial charge on any atom is 0.269 e. The van der Waals surface area contributed by atoms with Gasteiger partial charge in [-0.2, -0.15) is 5.10 Å². The maximum absolute atomic E-state index is 13.1. The molecule has 2 amide bonds. The number of likely N-dealkylation sites (tertiary alicyclic amines) is 1. The minimum atomic E-state index is -0.382. The Labute approximate surface area is 329 Å². The summed E-state index contributed by atoms with van der Waals surface area (Å²) in [7, 11) is 6.42. The van der Waals surface area contributed by atoms with Crippen molar-refractivity contribution in [3.8, 4) is 11.1 Å². The molecule has 1 aromatic carbocycles. The van der Waals surface area contributed by atoms with E-state index in [0.29, 0.717) is 17.9 Å². The normalized spacial score (nSPS) is 20.8. The predicted octanol–water partition coefficient (Wildman–Crippen LogP) is 2.77. The van der Waals surface area contributed by atoms with Gasteiger partial charge in [0.2, 0.25) is 5.91 Å². The van der Waals surface area contributed by atoms with Crippen LogP contribution in [0.4, 0.5) is 11.4 Å². The number of amides is 2. The van der Waals surface area contributed by atoms with Crippen LogP contribution in [0, 0.1) is 5.92 Å². The number of benzene rings is 1. The van der Waals surface area contributed by atoms with Crippen molar-refractivity contribution >= 4 is 29.5 Å². The molecule has 15 heteroatoms. The van der Waals surface area contributed by atoms with Gasteiger partial charge in [0, 0.05) is 82.0 Å². The van der Waals surface area contributed by atoms with E-state index >= 15 is 0 Å². The van der Waals surface area contributed by atoms with E-state index in [0.717, 1.165) is 79.7 Å². The number of carbonyl (C=O) groups is 3. The zero-order valence-electron chi connectivity index (χ0n) is 33.0. The Kier molecular flexibility index (Phi) is 11.7. The molecular weight excluding hydrogens is 709 g/mol. The first-order valence-electron chi connectivity index (χ1n) is 19.8. The number of likely N-dealkylation sites (N-methyl/N-ethyl adjacent to an activating group) is 2. The van der Waals surface area contributed by atoms with Crippen LogP contribution in [-0.2, 0) is 16.1 Å². The molecule has 2 aromatic heterocycles. The number of aromatic nitrogens is 3. The van der Waals surface area contributed by atoms with Gasteiger partial charge >= 0.3 is 0 Å². The van der Waals surface area contributed by atoms with Crippen molar-refractivity contribution in [3.63, 3.8) is 0 Å². The van der Waals surface area contributed by atoms with Crippen LogP contribution >= 0.6 is 0 Å². The number of carbonyl (C=O) groups excluding carboxylic acids is 3. The van der Waals surface area contributed by atoms with E-state index in [1.54, 1.807) is 6.07 Å². The van der Waals surface area contributed by atoms with Gasteiger partial charge in [-0.1, -0.05) is 25.1 Å². The molecule has 5 aliphatic rings. The first-order valence-corrected chi connectivity index (χ1v) is 19.8. The predicted molar refractivity (Wildman–Crippen MR) is 217 cm³/mol. The van der Waals surface area contributed by atoms with Crippen LogP contribution in [0.2, 0.25) is 0 Å². The fraction of sp³-hybridized carbons (Fsp3) is 0.488. The Bertz CT molecular complexity index is 1980. The summed E-state index contributed by atoms with van der Waals surface area (Å²) in [5.41, 5.74) is 19.3. The highest BCUT2D eigenvalue weighted by atomic mass is 16.2. The lowest BCUT2D eigenvalue weighted by molar-refractivity contribution is -0.121. The lowest BCUT2D eigenvalue weighted by Gasteiger charge is -2.43. The number of nitrogens with one attached hydrogen (secondary N) is 3. The van der Waals surface area contributed by atoms with E-state index in [1.165, 1.54) is 37.9 Å². The van der Waals surface area contributed by atoms with Gasteiger partial charge in [0.1, 0.15) is 17.2 Å². The number of hydrogen-bond donors (Lipinski definition) is 5. The average molecular weight is 765 g/mol. The lowest BCUT2D eigenvalue weighted by Crippen LogP contribution is -2.48. The molecular formula is C41H56N12O3. The van der Waals surface area contributed by atoms with E-state index in [2.05, 4.69) is 79.3 Å². The van der Waals surface area contributed by atoms with E-state index in [-0.39, 0.29) is 47.4 Å². The molecule has 15 nitrogen and oxygen atoms in total. The molecule has 298 valence electrons. The minimum Gasteiger partial charge on any atom is -0.393 e. The number of nitrogens with two attached hydrogens (primary N) is 2. The summed E-state index contributed by atoms with van der Waals surface area (Å²) in [5.74, 6) is -0.419. The summed E-state index contributed by atoms with van der Waals surface area (Å²) >= 11 is 0. The molecule has 4 fully saturated rings. The highest BCUT2D eigenvalue weighted by Crippen LogP contribution is 2.49. The van der Waals surface area contributed by atoms with Crippen molar-refractivity contribution in [2.24, 2.45) is 17.4 Å². The summed E-state index contributed by atoms with van der Waals surface area (Å²) in [4.78, 5) is 50.4. The molecule has 3 aliphatic heterocycles. The SMILES string of the molecule is CCC1c2c(cnn2C2CN(Cc3cccc(C=O)n3)C2)-c2cccc(NC(/C=C(\N)NC(=O)C3CC3)=C(/N)C(=O)NC3CC3)c2N1C.CN1CCN(C)CC1. The third-order valence-electron chi connectivity index (χ3n) is 11.3. The Morgan fingerprint density at radius 3 is 2.27 bits per heavy atom. The Balaban J connectivity index is 0.000000536. The topological polar surface area (TPSA) is 183 Å². The van der Waals surface area contributed by atoms with E-state index < -0.39 is 0 Å². The fourth-order valence-electron chi connectivity index (χ4n) is 7.59. The van der Waals surface area contributed by atoms with Gasteiger partial charge in [0.05, 0.1) is 46.7 Å². The Morgan fingerprint density at radius 2 is 1.62 bits per heavy atom. The highest BCUT2D eigenvalue weighted by Gasteiger charge is 2.38. The molecule has 8 rings (SSSR count). The summed E-state index contributed by atoms with van der Waals surface area (Å²) < 4.78 is 2.17. The lowest BCUT2D eigenvalue weighted by atomic mass is 9.91. The van der Waals surface area contributed by atoms with Crippen LogP contribution in [0.3, 0.4) is 0 Å². The molecule has 2 saturated carbocycles. The van der Waals surface area contributed by atoms with Crippen molar-refractivity contribution in [2.45, 2.75) is 63.7 Å². The molecule has 56 heavy (non-hydrogen) atoms. The largest absolute Gasteiger partial charge is 0.393 e. The van der Waals surface area contributed by atoms with Crippen LogP contribution in [0.5, 0.6) is 0 Å². The van der Waals surface area contributed by atoms with E-state index in [4.69, 9.17) is 16.6 Å². The quantitative estimate of drug-likeness (QED) is 0.104. The third-order valence-corrected chi connectivity index (χ3v) is 11.3. The van der Waals surface area contributed by atoms with Crippen LogP contribution in [0.15, 0.2) is 65.9 Å². The number of nitrogens with zero attached hydrogens (tertiary/aromatic N) is 7. The van der Waals surface area contributed by atoms with Crippen molar-refractivity contribution in [1.29, 1.82) is 0 Å². The summed E-state index contributed by atoms with van der Waals surface area (Å²) in [6, 6.07) is 11.9. The van der Waals surface area contributed by atoms with Gasteiger partial charge in [0.15, 0.2) is 6.29 Å². The molecule has 2 aliphatic carbocycles. The van der Waals surface area contributed by atoms with Gasteiger partial charge in [-0.3, -0.25) is 24.0 Å². The van der Waals surface area contributed by atoms with Crippen molar-refractivity contribution in [1.82, 2.24) is 40.1 Å². The number of para-hydroxylation sites is 1. The fourth-order valence-corrected chi connectivity index (χ4v) is 7.59. The smallest absolute Gasteiger partial charge is 0.269 e. The van der Waals surface area contributed by atoms with E-state index in [1.807, 2.05) is 30.5 Å². The second-order valence-electron chi connectivity index (χ2n) is 15.8. The molecule has 0 bridgehead atoms. The Hall–Kier alpha value is -5.25. The first kappa shape index (κ1) is 39.0. The Morgan fingerprint density at radius 1 is 0.929 bits per heavy atom. The number of piperazine rings is 1. The van der Waals surface area contributed by atoms with E-state index in [9.17, 15) is 14.4 Å². The molecule has 3 aromatic rings. The van der Waals surface area contributed by atoms with Gasteiger partial charge in [-0.15, -0.1) is 0 Å². The first-order chi connectivity index (χ1) is 27.0. The highest BCUT2D eigenvalue weighted by molar-refractivity contribution is 5.96. The van der Waals surface area contributed by atoms with Crippen molar-refractivity contribution < 1.29 is 14.4 Å². The zero-order valence-corrected chi connectivity index (χ0v) is 33.0. The van der Waals surface area contributed by atoms with Crippen LogP contribution < -0.4 is 32.3 Å². The summed E-state index contributed by atoms with van der Waals surface area (Å²) in [6.07, 6.45) is 8.64.